The Balaban J connectivity index is 1.35. The number of aryl methyl sites for hydroxylation is 1. The first kappa shape index (κ1) is 31.0. The standard InChI is InChI=1S/C34H52N2O3/c1-33(2,3)29-23-26(24-30(32(29)38)34(4,5)6)14-8-9-17-31(37)35-18-13-21-39-28-16-12-15-27(22-28)25-36-19-10-7-11-20-36/h12,15-16,22-24,38H,7-11,13-14,17-21,25H2,1-6H3,(H,35,37). The van der Waals surface area contributed by atoms with Crippen LogP contribution in [-0.2, 0) is 28.6 Å². The lowest BCUT2D eigenvalue weighted by Gasteiger charge is -2.28. The molecule has 2 aromatic carbocycles. The first-order valence-corrected chi connectivity index (χ1v) is 15.0. The molecule has 1 fully saturated rings. The number of nitrogens with zero attached hydrogens (tertiary/aromatic N) is 1. The summed E-state index contributed by atoms with van der Waals surface area (Å²) in [6.45, 7) is 17.5. The van der Waals surface area contributed by atoms with Crippen LogP contribution in [0, 0.1) is 0 Å². The molecule has 216 valence electrons. The van der Waals surface area contributed by atoms with Gasteiger partial charge in [0.2, 0.25) is 5.91 Å². The molecule has 0 unspecified atom stereocenters. The molecule has 0 radical (unpaired) electrons. The zero-order valence-electron chi connectivity index (χ0n) is 25.4. The van der Waals surface area contributed by atoms with Crippen molar-refractivity contribution in [3.8, 4) is 11.5 Å². The minimum atomic E-state index is -0.125. The second-order valence-corrected chi connectivity index (χ2v) is 13.3. The summed E-state index contributed by atoms with van der Waals surface area (Å²) in [5.74, 6) is 1.44. The van der Waals surface area contributed by atoms with E-state index in [0.717, 1.165) is 49.1 Å². The van der Waals surface area contributed by atoms with Crippen LogP contribution in [0.1, 0.15) is 109 Å². The number of phenols is 1. The van der Waals surface area contributed by atoms with Crippen LogP contribution in [0.15, 0.2) is 36.4 Å². The normalized spacial score (nSPS) is 14.8. The Morgan fingerprint density at radius 1 is 0.897 bits per heavy atom. The van der Waals surface area contributed by atoms with Crippen molar-refractivity contribution in [3.05, 3.63) is 58.7 Å². The number of carbonyl (C=O) groups is 1. The maximum absolute atomic E-state index is 12.3. The highest BCUT2D eigenvalue weighted by molar-refractivity contribution is 5.75. The molecule has 2 N–H and O–H groups in total. The largest absolute Gasteiger partial charge is 0.507 e. The SMILES string of the molecule is CC(C)(C)c1cc(CCCCC(=O)NCCCOc2cccc(CN3CCCCC3)c2)cc(C(C)(C)C)c1O. The fourth-order valence-corrected chi connectivity index (χ4v) is 5.28. The maximum atomic E-state index is 12.3. The first-order valence-electron chi connectivity index (χ1n) is 15.0. The summed E-state index contributed by atoms with van der Waals surface area (Å²) in [6, 6.07) is 12.7. The molecular weight excluding hydrogens is 484 g/mol. The van der Waals surface area contributed by atoms with E-state index < -0.39 is 0 Å². The highest BCUT2D eigenvalue weighted by atomic mass is 16.5. The number of piperidine rings is 1. The third kappa shape index (κ3) is 10.2. The van der Waals surface area contributed by atoms with E-state index in [2.05, 4.69) is 82.1 Å². The van der Waals surface area contributed by atoms with Crippen LogP contribution < -0.4 is 10.1 Å². The van der Waals surface area contributed by atoms with Gasteiger partial charge in [0, 0.05) is 19.5 Å². The van der Waals surface area contributed by atoms with Crippen LogP contribution in [0.3, 0.4) is 0 Å². The van der Waals surface area contributed by atoms with Crippen LogP contribution in [0.2, 0.25) is 0 Å². The number of amides is 1. The van der Waals surface area contributed by atoms with Crippen molar-refractivity contribution >= 4 is 5.91 Å². The number of nitrogens with one attached hydrogen (secondary N) is 1. The number of unbranched alkanes of at least 4 members (excludes halogenated alkanes) is 1. The van der Waals surface area contributed by atoms with E-state index in [0.29, 0.717) is 25.3 Å². The number of hydrogen-bond donors (Lipinski definition) is 2. The van der Waals surface area contributed by atoms with Gasteiger partial charge in [-0.25, -0.2) is 0 Å². The summed E-state index contributed by atoms with van der Waals surface area (Å²) < 4.78 is 5.95. The predicted octanol–water partition coefficient (Wildman–Crippen LogP) is 7.27. The molecule has 0 saturated carbocycles. The monoisotopic (exact) mass is 536 g/mol. The molecule has 0 bridgehead atoms. The van der Waals surface area contributed by atoms with Gasteiger partial charge in [-0.1, -0.05) is 72.2 Å². The number of aromatic hydroxyl groups is 1. The summed E-state index contributed by atoms with van der Waals surface area (Å²) >= 11 is 0. The van der Waals surface area contributed by atoms with Crippen molar-refractivity contribution in [2.24, 2.45) is 0 Å². The highest BCUT2D eigenvalue weighted by Crippen LogP contribution is 2.40. The average molecular weight is 537 g/mol. The smallest absolute Gasteiger partial charge is 0.219 e. The van der Waals surface area contributed by atoms with Gasteiger partial charge in [-0.05, 0) is 96.8 Å². The van der Waals surface area contributed by atoms with Crippen LogP contribution in [0.5, 0.6) is 11.5 Å². The summed E-state index contributed by atoms with van der Waals surface area (Å²) in [7, 11) is 0. The number of carbonyl (C=O) groups excluding carboxylic acids is 1. The minimum Gasteiger partial charge on any atom is -0.507 e. The Kier molecular flexibility index (Phi) is 11.3. The Labute approximate surface area is 237 Å². The van der Waals surface area contributed by atoms with Gasteiger partial charge in [0.25, 0.3) is 0 Å². The zero-order chi connectivity index (χ0) is 28.5. The van der Waals surface area contributed by atoms with Gasteiger partial charge in [0.05, 0.1) is 6.61 Å². The van der Waals surface area contributed by atoms with Crippen LogP contribution in [0.25, 0.3) is 0 Å². The number of ether oxygens (including phenoxy) is 1. The zero-order valence-corrected chi connectivity index (χ0v) is 25.4. The second kappa shape index (κ2) is 14.2. The Bertz CT molecular complexity index is 1020. The number of benzene rings is 2. The average Bonchev–Trinajstić information content (AvgIpc) is 2.86. The van der Waals surface area contributed by atoms with Crippen LogP contribution in [-0.4, -0.2) is 42.2 Å². The Hall–Kier alpha value is -2.53. The molecule has 1 saturated heterocycles. The molecular formula is C34H52N2O3. The van der Waals surface area contributed by atoms with Gasteiger partial charge in [-0.2, -0.15) is 0 Å². The molecule has 1 heterocycles. The third-order valence-electron chi connectivity index (χ3n) is 7.57. The van der Waals surface area contributed by atoms with Crippen LogP contribution >= 0.6 is 0 Å². The third-order valence-corrected chi connectivity index (χ3v) is 7.57. The van der Waals surface area contributed by atoms with E-state index in [4.69, 9.17) is 4.74 Å². The lowest BCUT2D eigenvalue weighted by Crippen LogP contribution is -2.29. The minimum absolute atomic E-state index is 0.106. The molecule has 3 rings (SSSR count). The lowest BCUT2D eigenvalue weighted by atomic mass is 9.78. The topological polar surface area (TPSA) is 61.8 Å². The maximum Gasteiger partial charge on any atom is 0.219 e. The van der Waals surface area contributed by atoms with Gasteiger partial charge in [0.15, 0.2) is 0 Å². The van der Waals surface area contributed by atoms with Crippen molar-refractivity contribution < 1.29 is 14.6 Å². The van der Waals surface area contributed by atoms with Crippen molar-refractivity contribution in [1.29, 1.82) is 0 Å². The van der Waals surface area contributed by atoms with Gasteiger partial charge in [-0.3, -0.25) is 9.69 Å². The van der Waals surface area contributed by atoms with E-state index in [-0.39, 0.29) is 16.7 Å². The summed E-state index contributed by atoms with van der Waals surface area (Å²) in [6.07, 6.45) is 7.99. The van der Waals surface area contributed by atoms with Crippen molar-refractivity contribution in [3.63, 3.8) is 0 Å². The fraction of sp³-hybridized carbons (Fsp3) is 0.618. The molecule has 0 aromatic heterocycles. The van der Waals surface area contributed by atoms with E-state index >= 15 is 0 Å². The molecule has 2 aromatic rings. The van der Waals surface area contributed by atoms with Crippen molar-refractivity contribution in [1.82, 2.24) is 10.2 Å². The Morgan fingerprint density at radius 2 is 1.56 bits per heavy atom. The van der Waals surface area contributed by atoms with E-state index in [1.165, 1.54) is 43.5 Å². The fourth-order valence-electron chi connectivity index (χ4n) is 5.28. The van der Waals surface area contributed by atoms with E-state index in [1.54, 1.807) is 0 Å². The number of hydrogen-bond acceptors (Lipinski definition) is 4. The number of phenolic OH excluding ortho intramolecular Hbond substituents is 1. The van der Waals surface area contributed by atoms with E-state index in [1.807, 2.05) is 6.07 Å². The van der Waals surface area contributed by atoms with Crippen LogP contribution in [0.4, 0.5) is 0 Å². The molecule has 5 heteroatoms. The van der Waals surface area contributed by atoms with Gasteiger partial charge in [0.1, 0.15) is 11.5 Å². The van der Waals surface area contributed by atoms with Crippen molar-refractivity contribution in [2.75, 3.05) is 26.2 Å². The molecule has 0 spiro atoms. The molecule has 39 heavy (non-hydrogen) atoms. The number of rotatable bonds is 12. The first-order chi connectivity index (χ1) is 18.4. The lowest BCUT2D eigenvalue weighted by molar-refractivity contribution is -0.121. The van der Waals surface area contributed by atoms with Gasteiger partial charge >= 0.3 is 0 Å². The van der Waals surface area contributed by atoms with Gasteiger partial charge < -0.3 is 15.2 Å². The quantitative estimate of drug-likeness (QED) is 0.280. The summed E-state index contributed by atoms with van der Waals surface area (Å²) in [5, 5.41) is 14.0. The summed E-state index contributed by atoms with van der Waals surface area (Å²) in [4.78, 5) is 14.9. The highest BCUT2D eigenvalue weighted by Gasteiger charge is 2.26. The molecule has 1 aliphatic rings. The Morgan fingerprint density at radius 3 is 2.21 bits per heavy atom. The van der Waals surface area contributed by atoms with E-state index in [9.17, 15) is 9.90 Å². The predicted molar refractivity (Wildman–Crippen MR) is 162 cm³/mol. The molecule has 0 atom stereocenters. The summed E-state index contributed by atoms with van der Waals surface area (Å²) in [5.41, 5.74) is 4.29. The molecule has 1 amide bonds. The van der Waals surface area contributed by atoms with Gasteiger partial charge in [-0.15, -0.1) is 0 Å². The van der Waals surface area contributed by atoms with Crippen molar-refractivity contribution in [2.45, 2.75) is 110 Å². The molecule has 5 nitrogen and oxygen atoms in total. The molecule has 0 aliphatic carbocycles. The number of likely N-dealkylation sites (tertiary alicyclic amines) is 1. The second-order valence-electron chi connectivity index (χ2n) is 13.3. The molecule has 1 aliphatic heterocycles.